The Hall–Kier alpha value is -1.66. The van der Waals surface area contributed by atoms with E-state index < -0.39 is 6.03 Å². The molecule has 0 aliphatic carbocycles. The van der Waals surface area contributed by atoms with Crippen molar-refractivity contribution in [2.75, 3.05) is 19.6 Å². The number of likely N-dealkylation sites (tertiary alicyclic amines) is 1. The highest BCUT2D eigenvalue weighted by molar-refractivity contribution is 5.72. The molecule has 1 aromatic rings. The minimum atomic E-state index is -0.418. The van der Waals surface area contributed by atoms with Gasteiger partial charge in [0.1, 0.15) is 0 Å². The van der Waals surface area contributed by atoms with Crippen LogP contribution in [-0.2, 0) is 6.54 Å². The molecule has 4 N–H and O–H groups in total. The first-order valence-corrected chi connectivity index (χ1v) is 8.62. The van der Waals surface area contributed by atoms with Gasteiger partial charge in [0.05, 0.1) is 5.66 Å². The number of carbonyl (C=O) groups excluding carboxylic acids is 1. The monoisotopic (exact) mass is 317 g/mol. The van der Waals surface area contributed by atoms with Crippen LogP contribution in [0.2, 0.25) is 0 Å². The first-order valence-electron chi connectivity index (χ1n) is 8.62. The van der Waals surface area contributed by atoms with Crippen LogP contribution in [-0.4, -0.2) is 41.2 Å². The second kappa shape index (κ2) is 7.27. The third-order valence-electron chi connectivity index (χ3n) is 5.22. The van der Waals surface area contributed by atoms with E-state index in [1.54, 1.807) is 0 Å². The zero-order valence-electron chi connectivity index (χ0n) is 13.6. The molecule has 3 rings (SSSR count). The van der Waals surface area contributed by atoms with Gasteiger partial charge in [-0.3, -0.25) is 15.2 Å². The second-order valence-corrected chi connectivity index (χ2v) is 6.75. The van der Waals surface area contributed by atoms with E-state index in [4.69, 9.17) is 5.73 Å². The van der Waals surface area contributed by atoms with Gasteiger partial charge in [-0.05, 0) is 75.4 Å². The average molecular weight is 317 g/mol. The number of nitrogens with two attached hydrogens (primary N) is 1. The molecule has 2 aliphatic rings. The summed E-state index contributed by atoms with van der Waals surface area (Å²) < 4.78 is 0. The van der Waals surface area contributed by atoms with Crippen molar-refractivity contribution >= 4 is 6.03 Å². The number of piperidine rings is 2. The fourth-order valence-electron chi connectivity index (χ4n) is 4.04. The molecule has 126 valence electrons. The Balaban J connectivity index is 1.59. The lowest BCUT2D eigenvalue weighted by atomic mass is 9.79. The zero-order valence-corrected chi connectivity index (χ0v) is 13.6. The highest BCUT2D eigenvalue weighted by Gasteiger charge is 2.41. The van der Waals surface area contributed by atoms with Gasteiger partial charge in [-0.25, -0.2) is 4.79 Å². The normalized spacial score (nSPS) is 26.8. The number of rotatable bonds is 4. The number of aromatic nitrogens is 1. The van der Waals surface area contributed by atoms with E-state index in [-0.39, 0.29) is 5.66 Å². The topological polar surface area (TPSA) is 83.3 Å². The summed E-state index contributed by atoms with van der Waals surface area (Å²) in [6.45, 7) is 4.03. The van der Waals surface area contributed by atoms with Gasteiger partial charge in [0, 0.05) is 18.9 Å². The van der Waals surface area contributed by atoms with Crippen LogP contribution in [0.1, 0.15) is 37.7 Å². The molecule has 0 bridgehead atoms. The molecule has 1 unspecified atom stereocenters. The van der Waals surface area contributed by atoms with Crippen molar-refractivity contribution in [2.45, 2.75) is 44.3 Å². The molecular weight excluding hydrogens is 290 g/mol. The Morgan fingerprint density at radius 3 is 2.70 bits per heavy atom. The summed E-state index contributed by atoms with van der Waals surface area (Å²) in [6, 6.07) is 3.73. The number of hydrogen-bond donors (Lipinski definition) is 3. The Bertz CT molecular complexity index is 507. The minimum Gasteiger partial charge on any atom is -0.352 e. The molecule has 0 saturated carbocycles. The summed E-state index contributed by atoms with van der Waals surface area (Å²) in [7, 11) is 0. The van der Waals surface area contributed by atoms with Gasteiger partial charge in [0.2, 0.25) is 0 Å². The van der Waals surface area contributed by atoms with E-state index in [9.17, 15) is 4.79 Å². The zero-order chi connectivity index (χ0) is 16.1. The average Bonchev–Trinajstić information content (AvgIpc) is 2.57. The molecular formula is C17H27N5O. The van der Waals surface area contributed by atoms with Crippen LogP contribution in [0.4, 0.5) is 4.79 Å². The lowest BCUT2D eigenvalue weighted by Crippen LogP contribution is -2.67. The Labute approximate surface area is 137 Å². The summed E-state index contributed by atoms with van der Waals surface area (Å²) >= 11 is 0. The van der Waals surface area contributed by atoms with Gasteiger partial charge >= 0.3 is 6.03 Å². The standard InChI is InChI=1S/C17H27N5O/c18-16(23)21-17(7-1-2-8-20-17)15-5-11-22(12-6-15)13-14-3-9-19-10-4-14/h3-4,9-10,15,20H,1-2,5-8,11-13H2,(H3,18,21,23). The maximum Gasteiger partial charge on any atom is 0.313 e. The summed E-state index contributed by atoms with van der Waals surface area (Å²) in [5.41, 5.74) is 6.44. The summed E-state index contributed by atoms with van der Waals surface area (Å²) in [5, 5.41) is 6.59. The van der Waals surface area contributed by atoms with Crippen LogP contribution >= 0.6 is 0 Å². The summed E-state index contributed by atoms with van der Waals surface area (Å²) in [6.07, 6.45) is 9.15. The predicted octanol–water partition coefficient (Wildman–Crippen LogP) is 1.43. The van der Waals surface area contributed by atoms with E-state index in [0.29, 0.717) is 5.92 Å². The maximum absolute atomic E-state index is 11.5. The number of pyridine rings is 1. The van der Waals surface area contributed by atoms with Crippen molar-refractivity contribution < 1.29 is 4.79 Å². The van der Waals surface area contributed by atoms with E-state index in [1.165, 1.54) is 12.0 Å². The van der Waals surface area contributed by atoms with Crippen LogP contribution in [0, 0.1) is 5.92 Å². The van der Waals surface area contributed by atoms with Gasteiger partial charge < -0.3 is 11.1 Å². The third kappa shape index (κ3) is 4.00. The van der Waals surface area contributed by atoms with Crippen LogP contribution in [0.5, 0.6) is 0 Å². The number of nitrogens with one attached hydrogen (secondary N) is 2. The first-order chi connectivity index (χ1) is 11.2. The minimum absolute atomic E-state index is 0.299. The SMILES string of the molecule is NC(=O)NC1(C2CCN(Cc3ccncc3)CC2)CCCCN1. The molecule has 1 aromatic heterocycles. The maximum atomic E-state index is 11.5. The summed E-state index contributed by atoms with van der Waals surface area (Å²) in [4.78, 5) is 18.0. The molecule has 0 radical (unpaired) electrons. The third-order valence-corrected chi connectivity index (χ3v) is 5.22. The Morgan fingerprint density at radius 1 is 1.35 bits per heavy atom. The molecule has 0 aromatic carbocycles. The smallest absolute Gasteiger partial charge is 0.313 e. The Kier molecular flexibility index (Phi) is 5.13. The van der Waals surface area contributed by atoms with Gasteiger partial charge in [-0.2, -0.15) is 0 Å². The molecule has 3 heterocycles. The Morgan fingerprint density at radius 2 is 2.09 bits per heavy atom. The van der Waals surface area contributed by atoms with Gasteiger partial charge in [-0.1, -0.05) is 0 Å². The number of urea groups is 1. The molecule has 2 fully saturated rings. The van der Waals surface area contributed by atoms with Gasteiger partial charge in [-0.15, -0.1) is 0 Å². The predicted molar refractivity (Wildman–Crippen MR) is 89.5 cm³/mol. The molecule has 2 amide bonds. The van der Waals surface area contributed by atoms with Gasteiger partial charge in [0.15, 0.2) is 0 Å². The number of nitrogens with zero attached hydrogens (tertiary/aromatic N) is 2. The van der Waals surface area contributed by atoms with Crippen LogP contribution in [0.3, 0.4) is 0 Å². The van der Waals surface area contributed by atoms with Crippen molar-refractivity contribution in [2.24, 2.45) is 11.7 Å². The van der Waals surface area contributed by atoms with Crippen molar-refractivity contribution in [3.63, 3.8) is 0 Å². The number of hydrogen-bond acceptors (Lipinski definition) is 4. The van der Waals surface area contributed by atoms with E-state index in [0.717, 1.165) is 51.9 Å². The largest absolute Gasteiger partial charge is 0.352 e. The number of primary amides is 1. The van der Waals surface area contributed by atoms with Crippen molar-refractivity contribution in [3.05, 3.63) is 30.1 Å². The van der Waals surface area contributed by atoms with E-state index in [1.807, 2.05) is 12.4 Å². The molecule has 6 heteroatoms. The van der Waals surface area contributed by atoms with Crippen LogP contribution in [0.15, 0.2) is 24.5 Å². The molecule has 0 spiro atoms. The van der Waals surface area contributed by atoms with Crippen molar-refractivity contribution in [1.82, 2.24) is 20.5 Å². The lowest BCUT2D eigenvalue weighted by Gasteiger charge is -2.47. The summed E-state index contributed by atoms with van der Waals surface area (Å²) in [5.74, 6) is 0.448. The highest BCUT2D eigenvalue weighted by atomic mass is 16.2. The van der Waals surface area contributed by atoms with E-state index >= 15 is 0 Å². The van der Waals surface area contributed by atoms with E-state index in [2.05, 4.69) is 32.7 Å². The second-order valence-electron chi connectivity index (χ2n) is 6.75. The number of amides is 2. The lowest BCUT2D eigenvalue weighted by molar-refractivity contribution is 0.0660. The van der Waals surface area contributed by atoms with Gasteiger partial charge in [0.25, 0.3) is 0 Å². The fourth-order valence-corrected chi connectivity index (χ4v) is 4.04. The molecule has 1 atom stereocenters. The van der Waals surface area contributed by atoms with Crippen molar-refractivity contribution in [1.29, 1.82) is 0 Å². The fraction of sp³-hybridized carbons (Fsp3) is 0.647. The quantitative estimate of drug-likeness (QED) is 0.784. The van der Waals surface area contributed by atoms with Crippen molar-refractivity contribution in [3.8, 4) is 0 Å². The number of carbonyl (C=O) groups is 1. The molecule has 6 nitrogen and oxygen atoms in total. The highest BCUT2D eigenvalue weighted by Crippen LogP contribution is 2.33. The molecule has 23 heavy (non-hydrogen) atoms. The molecule has 2 saturated heterocycles. The first kappa shape index (κ1) is 16.2. The van der Waals surface area contributed by atoms with Crippen LogP contribution in [0.25, 0.3) is 0 Å². The molecule has 2 aliphatic heterocycles. The van der Waals surface area contributed by atoms with Crippen LogP contribution < -0.4 is 16.4 Å².